The maximum absolute atomic E-state index is 15.0. The van der Waals surface area contributed by atoms with E-state index < -0.39 is 55.4 Å². The van der Waals surface area contributed by atoms with Crippen LogP contribution in [0.25, 0.3) is 0 Å². The van der Waals surface area contributed by atoms with Crippen molar-refractivity contribution < 1.29 is 47.6 Å². The van der Waals surface area contributed by atoms with Crippen LogP contribution in [0.2, 0.25) is 10.0 Å². The number of ether oxygens (including phenoxy) is 1. The molecule has 0 unspecified atom stereocenters. The molecule has 3 saturated heterocycles. The second kappa shape index (κ2) is 36.7. The van der Waals surface area contributed by atoms with E-state index in [1.165, 1.54) is 24.3 Å². The maximum atomic E-state index is 15.0. The summed E-state index contributed by atoms with van der Waals surface area (Å²) in [7, 11) is -3.98. The molecule has 3 N–H and O–H groups in total. The zero-order chi connectivity index (χ0) is 83.0. The quantitative estimate of drug-likeness (QED) is 0.0570. The molecular formula is C85H105Cl2F4N13O7S3. The van der Waals surface area contributed by atoms with Crippen LogP contribution in [0.5, 0.6) is 11.6 Å². The van der Waals surface area contributed by atoms with Crippen LogP contribution in [0.1, 0.15) is 118 Å². The molecule has 6 heterocycles. The average molecular weight is 1660 g/mol. The van der Waals surface area contributed by atoms with Crippen molar-refractivity contribution in [2.24, 2.45) is 0 Å². The van der Waals surface area contributed by atoms with Crippen molar-refractivity contribution in [3.8, 4) is 11.6 Å². The maximum Gasteiger partial charge on any atom is 0.230 e. The van der Waals surface area contributed by atoms with Gasteiger partial charge in [0.15, 0.2) is 41.1 Å². The van der Waals surface area contributed by atoms with Crippen molar-refractivity contribution >= 4 is 104 Å². The summed E-state index contributed by atoms with van der Waals surface area (Å²) in [5.74, 6) is -0.0220. The highest BCUT2D eigenvalue weighted by atomic mass is 35.5. The third kappa shape index (κ3) is 23.1. The van der Waals surface area contributed by atoms with Gasteiger partial charge in [-0.05, 0) is 252 Å². The Bertz CT molecular complexity index is 5260. The molecule has 12 rings (SSSR count). The number of anilines is 9. The number of sulfone groups is 3. The smallest absolute Gasteiger partial charge is 0.230 e. The monoisotopic (exact) mass is 1660 g/mol. The van der Waals surface area contributed by atoms with Crippen molar-refractivity contribution in [3.63, 3.8) is 0 Å². The molecule has 0 radical (unpaired) electrons. The Morgan fingerprint density at radius 3 is 1.24 bits per heavy atom. The van der Waals surface area contributed by atoms with Crippen LogP contribution in [0.15, 0.2) is 140 Å². The number of aromatic nitrogens is 4. The molecule has 0 saturated carbocycles. The van der Waals surface area contributed by atoms with E-state index in [0.29, 0.717) is 104 Å². The van der Waals surface area contributed by atoms with Crippen LogP contribution in [-0.2, 0) is 59.6 Å². The van der Waals surface area contributed by atoms with Gasteiger partial charge in [0.25, 0.3) is 0 Å². The van der Waals surface area contributed by atoms with E-state index in [2.05, 4.69) is 69.6 Å². The van der Waals surface area contributed by atoms with Gasteiger partial charge in [-0.25, -0.2) is 57.8 Å². The summed E-state index contributed by atoms with van der Waals surface area (Å²) in [5.41, 5.74) is 10.9. The lowest BCUT2D eigenvalue weighted by atomic mass is 10.0. The van der Waals surface area contributed by atoms with Gasteiger partial charge in [0.05, 0.1) is 42.9 Å². The summed E-state index contributed by atoms with van der Waals surface area (Å²) in [4.78, 5) is 30.1. The number of aryl methyl sites for hydroxylation is 3. The Balaban J connectivity index is 0.000000181. The van der Waals surface area contributed by atoms with E-state index in [1.54, 1.807) is 134 Å². The lowest BCUT2D eigenvalue weighted by Crippen LogP contribution is -2.45. The molecule has 3 aliphatic heterocycles. The molecule has 0 spiro atoms. The molecule has 9 aromatic rings. The van der Waals surface area contributed by atoms with Gasteiger partial charge in [-0.3, -0.25) is 0 Å². The molecule has 20 nitrogen and oxygen atoms in total. The molecule has 29 heteroatoms. The first-order chi connectivity index (χ1) is 53.5. The molecule has 0 bridgehead atoms. The first kappa shape index (κ1) is 87.7. The largest absolute Gasteiger partial charge is 0.439 e. The number of nitrogens with zero attached hydrogens (tertiary/aromatic N) is 10. The Morgan fingerprint density at radius 1 is 0.412 bits per heavy atom. The SMILES string of the molecule is Cc1cnc(Nc2cc(F)c(N3CCN(C)CC3)c(F)c2)cc1Cc1ccc(Cl)c(CS(=O)(=O)C(C)(C)C)c1.Cc1cnc(Nc2ccc(N3CCN(C)CC3)c(F)c2)cc1Cc1ccc(Cl)c(CS(=O)(=O)C(C)(C)C)c1.Cc1cnc(Nc2ccc(N3CCN(C)CC3)c(F)c2)nc1Oc1cccc(CS(=O)(=O)C(C)(C)C)c1. The van der Waals surface area contributed by atoms with Crippen LogP contribution in [0, 0.1) is 44.0 Å². The number of pyridine rings is 2. The number of benzene rings is 6. The summed E-state index contributed by atoms with van der Waals surface area (Å²) in [6.07, 6.45) is 6.19. The van der Waals surface area contributed by atoms with Crippen LogP contribution in [0.4, 0.5) is 69.3 Å². The van der Waals surface area contributed by atoms with Gasteiger partial charge >= 0.3 is 0 Å². The number of hydrogen-bond donors (Lipinski definition) is 3. The minimum Gasteiger partial charge on any atom is -0.439 e. The first-order valence-corrected chi connectivity index (χ1v) is 43.6. The van der Waals surface area contributed by atoms with Crippen LogP contribution in [-0.4, -0.2) is 174 Å². The van der Waals surface area contributed by atoms with E-state index in [4.69, 9.17) is 27.9 Å². The predicted octanol–water partition coefficient (Wildman–Crippen LogP) is 17.0. The van der Waals surface area contributed by atoms with E-state index in [9.17, 15) is 42.8 Å². The molecule has 0 amide bonds. The predicted molar refractivity (Wildman–Crippen MR) is 455 cm³/mol. The lowest BCUT2D eigenvalue weighted by Gasteiger charge is -2.34. The molecule has 3 aromatic heterocycles. The van der Waals surface area contributed by atoms with E-state index >= 15 is 0 Å². The van der Waals surface area contributed by atoms with E-state index in [0.717, 1.165) is 98.8 Å². The van der Waals surface area contributed by atoms with Gasteiger partial charge < -0.3 is 50.1 Å². The third-order valence-corrected chi connectivity index (χ3v) is 29.0. The number of halogens is 6. The van der Waals surface area contributed by atoms with Crippen molar-refractivity contribution in [1.82, 2.24) is 34.6 Å². The Labute approximate surface area is 680 Å². The van der Waals surface area contributed by atoms with Gasteiger partial charge in [-0.2, -0.15) is 4.98 Å². The fourth-order valence-corrected chi connectivity index (χ4v) is 16.4. The minimum absolute atomic E-state index is 0.00165. The second-order valence-electron chi connectivity index (χ2n) is 32.6. The fraction of sp³-hybridized carbons (Fsp3) is 0.412. The summed E-state index contributed by atoms with van der Waals surface area (Å²) in [5, 5.41) is 10.1. The molecule has 0 aliphatic carbocycles. The van der Waals surface area contributed by atoms with Crippen molar-refractivity contribution in [2.75, 3.05) is 130 Å². The second-order valence-corrected chi connectivity index (χ2v) is 41.7. The van der Waals surface area contributed by atoms with Gasteiger partial charge in [0, 0.05) is 130 Å². The first-order valence-electron chi connectivity index (χ1n) is 37.9. The number of piperazine rings is 3. The molecule has 612 valence electrons. The molecule has 0 atom stereocenters. The van der Waals surface area contributed by atoms with Gasteiger partial charge in [-0.15, -0.1) is 0 Å². The van der Waals surface area contributed by atoms with E-state index in [-0.39, 0.29) is 46.2 Å². The summed E-state index contributed by atoms with van der Waals surface area (Å²) in [6.45, 7) is 30.3. The number of likely N-dealkylation sites (N-methyl/N-ethyl adjacent to an activating group) is 3. The third-order valence-electron chi connectivity index (χ3n) is 20.5. The molecule has 114 heavy (non-hydrogen) atoms. The lowest BCUT2D eigenvalue weighted by molar-refractivity contribution is 0.310. The molecule has 3 aliphatic rings. The highest BCUT2D eigenvalue weighted by Gasteiger charge is 2.33. The van der Waals surface area contributed by atoms with Gasteiger partial charge in [0.2, 0.25) is 11.8 Å². The summed E-state index contributed by atoms with van der Waals surface area (Å²) < 4.78 is 139. The van der Waals surface area contributed by atoms with Crippen LogP contribution < -0.4 is 35.4 Å². The van der Waals surface area contributed by atoms with Crippen LogP contribution in [0.3, 0.4) is 0 Å². The summed E-state index contributed by atoms with van der Waals surface area (Å²) >= 11 is 12.7. The number of nitrogens with one attached hydrogen (secondary N) is 3. The van der Waals surface area contributed by atoms with Gasteiger partial charge in [0.1, 0.15) is 34.7 Å². The van der Waals surface area contributed by atoms with Gasteiger partial charge in [-0.1, -0.05) is 59.6 Å². The average Bonchev–Trinajstić information content (AvgIpc) is 0.832. The van der Waals surface area contributed by atoms with E-state index in [1.807, 2.05) is 81.2 Å². The molecule has 6 aromatic carbocycles. The normalized spacial score (nSPS) is 15.0. The molecule has 3 fully saturated rings. The topological polar surface area (TPSA) is 219 Å². The highest BCUT2D eigenvalue weighted by molar-refractivity contribution is 7.92. The number of hydrogen-bond acceptors (Lipinski definition) is 20. The number of rotatable bonds is 21. The van der Waals surface area contributed by atoms with Crippen molar-refractivity contribution in [3.05, 3.63) is 229 Å². The highest BCUT2D eigenvalue weighted by Crippen LogP contribution is 2.36. The van der Waals surface area contributed by atoms with Crippen molar-refractivity contribution in [2.45, 2.75) is 127 Å². The fourth-order valence-electron chi connectivity index (χ4n) is 12.6. The van der Waals surface area contributed by atoms with Crippen molar-refractivity contribution in [1.29, 1.82) is 0 Å². The Hall–Kier alpha value is -8.67. The minimum atomic E-state index is -3.40. The zero-order valence-electron chi connectivity index (χ0n) is 67.6. The Kier molecular flexibility index (Phi) is 28.2. The van der Waals surface area contributed by atoms with Crippen LogP contribution >= 0.6 is 23.2 Å². The Morgan fingerprint density at radius 2 is 0.807 bits per heavy atom. The standard InChI is InChI=1S/C29H35ClF2N4O2S.C29H36ClFN4O2S.C27H34FN5O3S/c1-19-17-33-27(34-23-15-25(31)28(26(32)16-23)36-10-8-35(5)9-11-36)14-21(19)12-20-6-7-24(30)22(13-20)18-39(37,38)29(2,3)4;1-20-18-32-28(33-24-7-9-27(26(31)17-24)35-12-10-34(5)11-13-35)16-22(20)14-21-6-8-25(30)23(15-21)19-38(36,37)29(2,3)4;1-19-17-29-26(30-21-9-10-24(23(28)16-21)33-13-11-32(5)12-14-33)31-25(19)36-22-8-6-7-20(15-22)18-37(34,35)27(2,3)4/h6-7,13-17H,8-12,18H2,1-5H3,(H,33,34);6-9,15-18H,10-14,19H2,1-5H3,(H,32,33);6-10,15-17H,11-14,18H2,1-5H3,(H,29,30,31). The zero-order valence-corrected chi connectivity index (χ0v) is 71.6. The molecular weight excluding hydrogens is 1560 g/mol. The summed E-state index contributed by atoms with van der Waals surface area (Å²) in [6, 6.07) is 34.5.